The van der Waals surface area contributed by atoms with Crippen molar-refractivity contribution in [1.29, 1.82) is 0 Å². The van der Waals surface area contributed by atoms with E-state index in [1.165, 1.54) is 4.90 Å². The number of carboxylic acids is 1. The molecule has 0 bridgehead atoms. The first-order chi connectivity index (χ1) is 27.6. The van der Waals surface area contributed by atoms with Crippen LogP contribution in [0.25, 0.3) is 0 Å². The molecule has 1 amide bonds. The zero-order valence-corrected chi connectivity index (χ0v) is 35.0. The van der Waals surface area contributed by atoms with Crippen LogP contribution in [0.4, 0.5) is 4.79 Å². The van der Waals surface area contributed by atoms with Crippen molar-refractivity contribution in [3.63, 3.8) is 0 Å². The van der Waals surface area contributed by atoms with Gasteiger partial charge in [0.05, 0.1) is 159 Å². The Hall–Kier alpha value is -2.27. The largest absolute Gasteiger partial charge is 0.481 e. The summed E-state index contributed by atoms with van der Waals surface area (Å²) in [5.41, 5.74) is -0.519. The SMILES string of the molecule is CN(CCOCCOCCOCCOCCOCCOCCOCCOCCOCCOCCOCCOCCOC(=O)CCCCC(=O)O)C(=O)OC(C)(C)C. The highest BCUT2D eigenvalue weighted by Gasteiger charge is 2.19. The van der Waals surface area contributed by atoms with Crippen molar-refractivity contribution < 1.29 is 85.8 Å². The number of rotatable bonds is 44. The number of unbranched alkanes of at least 4 members (excludes halogenated alkanes) is 1. The lowest BCUT2D eigenvalue weighted by molar-refractivity contribution is -0.146. The maximum absolute atomic E-state index is 11.9. The molecular formula is C38H73NO18. The van der Waals surface area contributed by atoms with Crippen LogP contribution in [0, 0.1) is 0 Å². The third-order valence-corrected chi connectivity index (χ3v) is 6.88. The zero-order valence-electron chi connectivity index (χ0n) is 35.0. The van der Waals surface area contributed by atoms with Crippen LogP contribution in [0.5, 0.6) is 0 Å². The molecule has 0 aliphatic heterocycles. The predicted molar refractivity (Wildman–Crippen MR) is 206 cm³/mol. The molecule has 0 aliphatic rings. The lowest BCUT2D eigenvalue weighted by Crippen LogP contribution is -2.36. The van der Waals surface area contributed by atoms with Crippen LogP contribution in [0.2, 0.25) is 0 Å². The summed E-state index contributed by atoms with van der Waals surface area (Å²) < 4.78 is 75.8. The summed E-state index contributed by atoms with van der Waals surface area (Å²) in [7, 11) is 1.68. The number of hydrogen-bond donors (Lipinski definition) is 1. The zero-order chi connectivity index (χ0) is 41.9. The number of likely N-dealkylation sites (N-methyl/N-ethyl adjacent to an activating group) is 1. The van der Waals surface area contributed by atoms with Gasteiger partial charge in [-0.1, -0.05) is 0 Å². The normalized spacial score (nSPS) is 11.6. The quantitative estimate of drug-likeness (QED) is 0.0691. The first-order valence-electron chi connectivity index (χ1n) is 19.9. The molecule has 0 heterocycles. The van der Waals surface area contributed by atoms with Gasteiger partial charge in [-0.05, 0) is 33.6 Å². The van der Waals surface area contributed by atoms with Crippen molar-refractivity contribution in [1.82, 2.24) is 4.90 Å². The summed E-state index contributed by atoms with van der Waals surface area (Å²) in [6, 6.07) is 0. The van der Waals surface area contributed by atoms with E-state index >= 15 is 0 Å². The van der Waals surface area contributed by atoms with Crippen molar-refractivity contribution in [3.8, 4) is 0 Å². The fourth-order valence-corrected chi connectivity index (χ4v) is 3.99. The highest BCUT2D eigenvalue weighted by molar-refractivity contribution is 5.69. The summed E-state index contributed by atoms with van der Waals surface area (Å²) >= 11 is 0. The minimum atomic E-state index is -0.867. The summed E-state index contributed by atoms with van der Waals surface area (Å²) in [6.45, 7) is 16.8. The number of amides is 1. The second-order valence-corrected chi connectivity index (χ2v) is 13.1. The third kappa shape index (κ3) is 46.3. The Kier molecular flexibility index (Phi) is 40.2. The average molecular weight is 832 g/mol. The van der Waals surface area contributed by atoms with Crippen LogP contribution in [0.15, 0.2) is 0 Å². The summed E-state index contributed by atoms with van der Waals surface area (Å²) in [5, 5.41) is 8.56. The Morgan fingerprint density at radius 3 is 0.965 bits per heavy atom. The lowest BCUT2D eigenvalue weighted by Gasteiger charge is -2.24. The maximum Gasteiger partial charge on any atom is 0.410 e. The topological polar surface area (TPSA) is 204 Å². The van der Waals surface area contributed by atoms with E-state index in [4.69, 9.17) is 71.4 Å². The van der Waals surface area contributed by atoms with Gasteiger partial charge >= 0.3 is 18.0 Å². The van der Waals surface area contributed by atoms with E-state index < -0.39 is 11.6 Å². The molecule has 0 fully saturated rings. The predicted octanol–water partition coefficient (Wildman–Crippen LogP) is 2.24. The number of ether oxygens (including phenoxy) is 14. The number of aliphatic carboxylic acids is 1. The van der Waals surface area contributed by atoms with Crippen LogP contribution in [-0.2, 0) is 75.9 Å². The van der Waals surface area contributed by atoms with E-state index in [1.807, 2.05) is 20.8 Å². The third-order valence-electron chi connectivity index (χ3n) is 6.88. The first kappa shape index (κ1) is 54.7. The number of hydrogen-bond acceptors (Lipinski definition) is 17. The molecule has 338 valence electrons. The van der Waals surface area contributed by atoms with Gasteiger partial charge in [-0.15, -0.1) is 0 Å². The smallest absolute Gasteiger partial charge is 0.410 e. The maximum atomic E-state index is 11.9. The van der Waals surface area contributed by atoms with Gasteiger partial charge in [-0.25, -0.2) is 4.79 Å². The molecule has 0 rings (SSSR count). The van der Waals surface area contributed by atoms with Crippen LogP contribution >= 0.6 is 0 Å². The highest BCUT2D eigenvalue weighted by Crippen LogP contribution is 2.08. The molecule has 0 aromatic carbocycles. The van der Waals surface area contributed by atoms with E-state index in [1.54, 1.807) is 7.05 Å². The van der Waals surface area contributed by atoms with Crippen molar-refractivity contribution in [2.75, 3.05) is 179 Å². The Balaban J connectivity index is 3.16. The minimum Gasteiger partial charge on any atom is -0.481 e. The molecule has 0 aliphatic carbocycles. The van der Waals surface area contributed by atoms with Crippen LogP contribution in [0.1, 0.15) is 46.5 Å². The van der Waals surface area contributed by atoms with Crippen LogP contribution < -0.4 is 0 Å². The van der Waals surface area contributed by atoms with Crippen molar-refractivity contribution >= 4 is 18.0 Å². The molecule has 19 nitrogen and oxygen atoms in total. The molecule has 0 unspecified atom stereocenters. The Morgan fingerprint density at radius 1 is 0.421 bits per heavy atom. The molecule has 0 spiro atoms. The molecule has 0 saturated carbocycles. The van der Waals surface area contributed by atoms with E-state index in [2.05, 4.69) is 0 Å². The molecule has 57 heavy (non-hydrogen) atoms. The molecular weight excluding hydrogens is 758 g/mol. The van der Waals surface area contributed by atoms with Crippen molar-refractivity contribution in [2.45, 2.75) is 52.1 Å². The summed E-state index contributed by atoms with van der Waals surface area (Å²) in [5.74, 6) is -1.22. The Bertz CT molecular complexity index is 910. The van der Waals surface area contributed by atoms with Gasteiger partial charge < -0.3 is 76.3 Å². The number of esters is 1. The van der Waals surface area contributed by atoms with Crippen molar-refractivity contribution in [3.05, 3.63) is 0 Å². The summed E-state index contributed by atoms with van der Waals surface area (Å²) in [4.78, 5) is 35.3. The van der Waals surface area contributed by atoms with Gasteiger partial charge in [-0.2, -0.15) is 0 Å². The minimum absolute atomic E-state index is 0.0553. The van der Waals surface area contributed by atoms with Gasteiger partial charge in [0.2, 0.25) is 0 Å². The number of nitrogens with zero attached hydrogens (tertiary/aromatic N) is 1. The lowest BCUT2D eigenvalue weighted by atomic mass is 10.2. The van der Waals surface area contributed by atoms with E-state index in [0.29, 0.717) is 171 Å². The highest BCUT2D eigenvalue weighted by atomic mass is 16.6. The monoisotopic (exact) mass is 831 g/mol. The number of carboxylic acid groups (broad SMARTS) is 1. The van der Waals surface area contributed by atoms with Gasteiger partial charge in [0, 0.05) is 26.4 Å². The Morgan fingerprint density at radius 2 is 0.684 bits per heavy atom. The molecule has 19 heteroatoms. The molecule has 1 N–H and O–H groups in total. The van der Waals surface area contributed by atoms with E-state index in [9.17, 15) is 14.4 Å². The molecule has 0 aromatic heterocycles. The fourth-order valence-electron chi connectivity index (χ4n) is 3.99. The number of carbonyl (C=O) groups is 3. The Labute approximate surface area is 339 Å². The molecule has 0 atom stereocenters. The fraction of sp³-hybridized carbons (Fsp3) is 0.921. The van der Waals surface area contributed by atoms with Gasteiger partial charge in [0.15, 0.2) is 0 Å². The molecule has 0 saturated heterocycles. The van der Waals surface area contributed by atoms with Gasteiger partial charge in [0.25, 0.3) is 0 Å². The van der Waals surface area contributed by atoms with Gasteiger partial charge in [-0.3, -0.25) is 9.59 Å². The summed E-state index contributed by atoms with van der Waals surface area (Å²) in [6.07, 6.45) is 0.843. The first-order valence-corrected chi connectivity index (χ1v) is 19.9. The van der Waals surface area contributed by atoms with Crippen LogP contribution in [0.3, 0.4) is 0 Å². The second kappa shape index (κ2) is 41.9. The standard InChI is InChI=1S/C38H73NO18/c1-38(2,3)57-37(43)39(4)9-10-44-11-12-45-13-14-46-15-16-47-17-18-48-19-20-49-21-22-50-23-24-51-25-26-52-27-28-53-29-30-54-31-32-55-33-34-56-36(42)8-6-5-7-35(40)41/h5-34H2,1-4H3,(H,40,41). The van der Waals surface area contributed by atoms with Crippen molar-refractivity contribution in [2.24, 2.45) is 0 Å². The van der Waals surface area contributed by atoms with E-state index in [0.717, 1.165) is 0 Å². The average Bonchev–Trinajstić information content (AvgIpc) is 3.16. The molecule has 0 radical (unpaired) electrons. The second-order valence-electron chi connectivity index (χ2n) is 13.1. The van der Waals surface area contributed by atoms with Gasteiger partial charge in [0.1, 0.15) is 12.2 Å². The number of carbonyl (C=O) groups excluding carboxylic acids is 2. The van der Waals surface area contributed by atoms with E-state index in [-0.39, 0.29) is 38.1 Å². The van der Waals surface area contributed by atoms with Crippen LogP contribution in [-0.4, -0.2) is 212 Å². The molecule has 0 aromatic rings.